The average molecular weight is 373 g/mol. The Hall–Kier alpha value is -3.63. The highest BCUT2D eigenvalue weighted by Crippen LogP contribution is 2.53. The van der Waals surface area contributed by atoms with Crippen LogP contribution in [0.4, 0.5) is 5.69 Å². The molecule has 0 unspecified atom stereocenters. The standard InChI is InChI=1S/C20H11N3O3S/c21-9-12-17(22)26-16-10-5-1-4-8-14(10)27-18(24)15(16)20(12)11-6-2-3-7-13(11)23-19(20)25/h1-8H,22H2,(H,23,25)/t20-/m1/s1. The van der Waals surface area contributed by atoms with Crippen LogP contribution in [0.2, 0.25) is 0 Å². The maximum Gasteiger partial charge on any atom is 0.245 e. The summed E-state index contributed by atoms with van der Waals surface area (Å²) in [5.41, 5.74) is 5.61. The topological polar surface area (TPSA) is 105 Å². The first kappa shape index (κ1) is 15.6. The fraction of sp³-hybridized carbons (Fsp3) is 0.0500. The van der Waals surface area contributed by atoms with Gasteiger partial charge in [-0.1, -0.05) is 41.7 Å². The predicted octanol–water partition coefficient (Wildman–Crippen LogP) is 2.59. The van der Waals surface area contributed by atoms with Crippen LogP contribution in [0.1, 0.15) is 11.1 Å². The van der Waals surface area contributed by atoms with Crippen LogP contribution in [-0.4, -0.2) is 5.91 Å². The summed E-state index contributed by atoms with van der Waals surface area (Å²) in [7, 11) is 0. The lowest BCUT2D eigenvalue weighted by atomic mass is 9.69. The molecule has 0 radical (unpaired) electrons. The predicted molar refractivity (Wildman–Crippen MR) is 101 cm³/mol. The third-order valence-electron chi connectivity index (χ3n) is 5.01. The van der Waals surface area contributed by atoms with Crippen LogP contribution in [0.3, 0.4) is 0 Å². The SMILES string of the molecule is N#CC1=C(N)Oc2c(c(=O)sc3ccccc23)[C@]12C(=O)Nc1ccccc12. The first-order valence-corrected chi connectivity index (χ1v) is 8.96. The lowest BCUT2D eigenvalue weighted by molar-refractivity contribution is -0.118. The first-order valence-electron chi connectivity index (χ1n) is 8.14. The monoisotopic (exact) mass is 373 g/mol. The van der Waals surface area contributed by atoms with E-state index in [-0.39, 0.29) is 27.5 Å². The molecule has 2 aliphatic heterocycles. The van der Waals surface area contributed by atoms with Crippen molar-refractivity contribution in [1.82, 2.24) is 0 Å². The number of carbonyl (C=O) groups excluding carboxylic acids is 1. The molecule has 3 heterocycles. The Kier molecular flexibility index (Phi) is 3.00. The van der Waals surface area contributed by atoms with Crippen molar-refractivity contribution in [3.8, 4) is 11.8 Å². The molecular formula is C20H11N3O3S. The summed E-state index contributed by atoms with van der Waals surface area (Å²) in [4.78, 5) is 26.4. The van der Waals surface area contributed by atoms with E-state index in [0.717, 1.165) is 16.0 Å². The number of carbonyl (C=O) groups is 1. The smallest absolute Gasteiger partial charge is 0.245 e. The van der Waals surface area contributed by atoms with Crippen LogP contribution in [-0.2, 0) is 10.2 Å². The van der Waals surface area contributed by atoms with E-state index in [1.165, 1.54) is 0 Å². The molecule has 0 saturated heterocycles. The highest BCUT2D eigenvalue weighted by Gasteiger charge is 2.58. The molecule has 1 amide bonds. The Labute approximate surface area is 157 Å². The van der Waals surface area contributed by atoms with Crippen molar-refractivity contribution in [1.29, 1.82) is 5.26 Å². The molecule has 3 aromatic rings. The van der Waals surface area contributed by atoms with Crippen molar-refractivity contribution >= 4 is 33.0 Å². The second kappa shape index (κ2) is 5.19. The summed E-state index contributed by atoms with van der Waals surface area (Å²) < 4.78 is 6.12. The largest absolute Gasteiger partial charge is 0.439 e. The lowest BCUT2D eigenvalue weighted by Gasteiger charge is -2.33. The first-order chi connectivity index (χ1) is 13.1. The summed E-state index contributed by atoms with van der Waals surface area (Å²) in [6.45, 7) is 0. The summed E-state index contributed by atoms with van der Waals surface area (Å²) in [6, 6.07) is 16.3. The third kappa shape index (κ3) is 1.77. The normalized spacial score (nSPS) is 20.0. The number of nitrogens with zero attached hydrogens (tertiary/aromatic N) is 1. The van der Waals surface area contributed by atoms with Crippen molar-refractivity contribution in [2.24, 2.45) is 5.73 Å². The molecule has 5 rings (SSSR count). The Morgan fingerprint density at radius 1 is 1.11 bits per heavy atom. The summed E-state index contributed by atoms with van der Waals surface area (Å²) in [5, 5.41) is 13.3. The van der Waals surface area contributed by atoms with Gasteiger partial charge in [-0.15, -0.1) is 0 Å². The molecule has 1 spiro atoms. The second-order valence-corrected chi connectivity index (χ2v) is 7.31. The number of anilines is 1. The van der Waals surface area contributed by atoms with Crippen molar-refractivity contribution in [2.45, 2.75) is 5.41 Å². The molecule has 6 nitrogen and oxygen atoms in total. The van der Waals surface area contributed by atoms with E-state index < -0.39 is 11.3 Å². The summed E-state index contributed by atoms with van der Waals surface area (Å²) in [5.74, 6) is -0.414. The van der Waals surface area contributed by atoms with Crippen molar-refractivity contribution in [3.63, 3.8) is 0 Å². The van der Waals surface area contributed by atoms with Crippen LogP contribution < -0.4 is 20.5 Å². The van der Waals surface area contributed by atoms with Crippen LogP contribution >= 0.6 is 11.3 Å². The minimum absolute atomic E-state index is 0.0722. The van der Waals surface area contributed by atoms with Gasteiger partial charge in [0.2, 0.25) is 16.5 Å². The number of nitriles is 1. The number of amides is 1. The van der Waals surface area contributed by atoms with Gasteiger partial charge in [0.15, 0.2) is 0 Å². The number of hydrogen-bond acceptors (Lipinski definition) is 6. The minimum atomic E-state index is -1.61. The van der Waals surface area contributed by atoms with Crippen LogP contribution in [0, 0.1) is 11.3 Å². The van der Waals surface area contributed by atoms with Gasteiger partial charge in [-0.05, 0) is 18.2 Å². The van der Waals surface area contributed by atoms with Crippen molar-refractivity contribution < 1.29 is 9.53 Å². The molecule has 0 fully saturated rings. The zero-order chi connectivity index (χ0) is 18.8. The van der Waals surface area contributed by atoms with Gasteiger partial charge in [0.05, 0.1) is 5.56 Å². The Morgan fingerprint density at radius 3 is 2.67 bits per heavy atom. The maximum atomic E-state index is 13.2. The van der Waals surface area contributed by atoms with E-state index in [2.05, 4.69) is 5.32 Å². The summed E-state index contributed by atoms with van der Waals surface area (Å²) in [6.07, 6.45) is 0. The zero-order valence-electron chi connectivity index (χ0n) is 13.8. The molecule has 0 aliphatic carbocycles. The third-order valence-corrected chi connectivity index (χ3v) is 5.97. The molecule has 7 heteroatoms. The highest BCUT2D eigenvalue weighted by atomic mass is 32.1. The average Bonchev–Trinajstić information content (AvgIpc) is 2.94. The van der Waals surface area contributed by atoms with Gasteiger partial charge in [-0.3, -0.25) is 9.59 Å². The number of rotatable bonds is 0. The maximum absolute atomic E-state index is 13.2. The number of nitrogens with one attached hydrogen (secondary N) is 1. The molecule has 0 bridgehead atoms. The molecule has 27 heavy (non-hydrogen) atoms. The Morgan fingerprint density at radius 2 is 1.85 bits per heavy atom. The highest BCUT2D eigenvalue weighted by molar-refractivity contribution is 7.16. The van der Waals surface area contributed by atoms with E-state index in [4.69, 9.17) is 10.5 Å². The van der Waals surface area contributed by atoms with Gasteiger partial charge < -0.3 is 15.8 Å². The van der Waals surface area contributed by atoms with E-state index in [1.807, 2.05) is 18.2 Å². The van der Waals surface area contributed by atoms with Crippen LogP contribution in [0.15, 0.2) is 64.8 Å². The van der Waals surface area contributed by atoms with E-state index >= 15 is 0 Å². The second-order valence-electron chi connectivity index (χ2n) is 6.29. The molecule has 3 N–H and O–H groups in total. The van der Waals surface area contributed by atoms with E-state index in [1.54, 1.807) is 36.4 Å². The molecule has 0 saturated carbocycles. The summed E-state index contributed by atoms with van der Waals surface area (Å²) >= 11 is 1.02. The Bertz CT molecular complexity index is 1300. The lowest BCUT2D eigenvalue weighted by Crippen LogP contribution is -2.45. The van der Waals surface area contributed by atoms with Crippen molar-refractivity contribution in [2.75, 3.05) is 5.32 Å². The molecule has 2 aromatic carbocycles. The fourth-order valence-corrected chi connectivity index (χ4v) is 4.88. The zero-order valence-corrected chi connectivity index (χ0v) is 14.6. The fourth-order valence-electron chi connectivity index (χ4n) is 3.91. The Balaban J connectivity index is 2.03. The van der Waals surface area contributed by atoms with E-state index in [0.29, 0.717) is 16.6 Å². The molecule has 2 aliphatic rings. The molecule has 1 aromatic heterocycles. The number of ether oxygens (including phenoxy) is 1. The van der Waals surface area contributed by atoms with Gasteiger partial charge in [-0.2, -0.15) is 5.26 Å². The number of fused-ring (bicyclic) bond motifs is 6. The number of nitrogens with two attached hydrogens (primary N) is 1. The van der Waals surface area contributed by atoms with Gasteiger partial charge in [0.1, 0.15) is 22.8 Å². The number of hydrogen-bond donors (Lipinski definition) is 2. The van der Waals surface area contributed by atoms with Crippen molar-refractivity contribution in [3.05, 3.63) is 80.7 Å². The minimum Gasteiger partial charge on any atom is -0.439 e. The molecule has 130 valence electrons. The van der Waals surface area contributed by atoms with E-state index in [9.17, 15) is 14.9 Å². The van der Waals surface area contributed by atoms with Gasteiger partial charge in [-0.25, -0.2) is 0 Å². The van der Waals surface area contributed by atoms with Crippen LogP contribution in [0.25, 0.3) is 10.1 Å². The van der Waals surface area contributed by atoms with Gasteiger partial charge in [0, 0.05) is 21.3 Å². The molecule has 1 atom stereocenters. The van der Waals surface area contributed by atoms with Gasteiger partial charge >= 0.3 is 0 Å². The number of benzene rings is 2. The molecular weight excluding hydrogens is 362 g/mol. The quantitative estimate of drug-likeness (QED) is 0.630. The van der Waals surface area contributed by atoms with Gasteiger partial charge in [0.25, 0.3) is 0 Å². The van der Waals surface area contributed by atoms with Crippen LogP contribution in [0.5, 0.6) is 5.75 Å². The number of para-hydroxylation sites is 1.